The van der Waals surface area contributed by atoms with Crippen molar-refractivity contribution in [2.24, 2.45) is 16.5 Å². The highest BCUT2D eigenvalue weighted by atomic mass is 16.4. The third-order valence-electron chi connectivity index (χ3n) is 7.72. The van der Waals surface area contributed by atoms with Gasteiger partial charge in [-0.05, 0) is 35.6 Å². The fourth-order valence-corrected chi connectivity index (χ4v) is 5.37. The highest BCUT2D eigenvalue weighted by Crippen LogP contribution is 2.21. The highest BCUT2D eigenvalue weighted by molar-refractivity contribution is 5.96. The molecule has 49 heavy (non-hydrogen) atoms. The van der Waals surface area contributed by atoms with Crippen molar-refractivity contribution in [3.05, 3.63) is 108 Å². The van der Waals surface area contributed by atoms with Gasteiger partial charge in [-0.3, -0.25) is 24.2 Å². The summed E-state index contributed by atoms with van der Waals surface area (Å²) < 4.78 is 0. The molecule has 0 saturated heterocycles. The lowest BCUT2D eigenvalue weighted by Crippen LogP contribution is -2.55. The number of aromatic nitrogens is 1. The maximum atomic E-state index is 14.1. The number of carbonyl (C=O) groups excluding carboxylic acids is 4. The van der Waals surface area contributed by atoms with Crippen molar-refractivity contribution >= 4 is 46.5 Å². The van der Waals surface area contributed by atoms with Gasteiger partial charge >= 0.3 is 5.97 Å². The summed E-state index contributed by atoms with van der Waals surface area (Å²) in [7, 11) is 0. The summed E-state index contributed by atoms with van der Waals surface area (Å²) in [6, 6.07) is 19.0. The number of hydrogen-bond donors (Lipinski definition) is 8. The van der Waals surface area contributed by atoms with Gasteiger partial charge in [0.05, 0.1) is 0 Å². The van der Waals surface area contributed by atoms with Crippen LogP contribution in [0.1, 0.15) is 48.5 Å². The molecule has 0 spiro atoms. The van der Waals surface area contributed by atoms with Gasteiger partial charge in [-0.2, -0.15) is 0 Å². The molecule has 1 aromatic heterocycles. The standard InChI is InChI=1S/C35H40N8O6/c1-21(44)40-27(17-10-18-38-35(36)37)31(45)41-28(19-24-20-39-26-16-9-8-15-25(24)26)32(46)42-29(22-11-4-2-5-12-22)33(47)43-30(34(48)49)23-13-6-3-7-14-23/h2-9,11-16,20,27-30,39H,10,17-19H2,1H3,(H,40,44)(H,41,45)(H,42,46)(H,43,47)(H,48,49)(H4,36,37,38)/t27-,28-,29-,30-/m0/s1. The molecule has 4 aromatic rings. The molecule has 0 fully saturated rings. The SMILES string of the molecule is CC(=O)N[C@@H](CCCN=C(N)N)C(=O)N[C@@H](Cc1c[nH]c2ccccc12)C(=O)N[C@H](C(=O)N[C@H](C(=O)O)c1ccccc1)c1ccccc1. The third kappa shape index (κ3) is 10.2. The second kappa shape index (κ2) is 17.1. The van der Waals surface area contributed by atoms with Crippen molar-refractivity contribution in [3.63, 3.8) is 0 Å². The smallest absolute Gasteiger partial charge is 0.330 e. The van der Waals surface area contributed by atoms with Crippen LogP contribution in [-0.2, 0) is 30.4 Å². The van der Waals surface area contributed by atoms with Crippen LogP contribution in [0, 0.1) is 0 Å². The van der Waals surface area contributed by atoms with Crippen LogP contribution in [0.25, 0.3) is 10.9 Å². The van der Waals surface area contributed by atoms with Crippen molar-refractivity contribution in [1.82, 2.24) is 26.3 Å². The van der Waals surface area contributed by atoms with Crippen molar-refractivity contribution in [2.75, 3.05) is 6.54 Å². The molecule has 10 N–H and O–H groups in total. The van der Waals surface area contributed by atoms with E-state index in [1.54, 1.807) is 66.9 Å². The highest BCUT2D eigenvalue weighted by Gasteiger charge is 2.33. The maximum Gasteiger partial charge on any atom is 0.330 e. The number of carboxylic acids is 1. The fourth-order valence-electron chi connectivity index (χ4n) is 5.37. The van der Waals surface area contributed by atoms with Crippen LogP contribution in [0.5, 0.6) is 0 Å². The zero-order chi connectivity index (χ0) is 35.3. The van der Waals surface area contributed by atoms with E-state index in [0.29, 0.717) is 17.5 Å². The van der Waals surface area contributed by atoms with Crippen molar-refractivity contribution in [3.8, 4) is 0 Å². The van der Waals surface area contributed by atoms with Crippen molar-refractivity contribution in [1.29, 1.82) is 0 Å². The first-order valence-electron chi connectivity index (χ1n) is 15.6. The summed E-state index contributed by atoms with van der Waals surface area (Å²) in [5, 5.41) is 21.4. The topological polar surface area (TPSA) is 234 Å². The van der Waals surface area contributed by atoms with Gasteiger partial charge in [-0.15, -0.1) is 0 Å². The number of guanidine groups is 1. The summed E-state index contributed by atoms with van der Waals surface area (Å²) in [4.78, 5) is 72.8. The van der Waals surface area contributed by atoms with E-state index in [1.807, 2.05) is 24.3 Å². The number of fused-ring (bicyclic) bond motifs is 1. The van der Waals surface area contributed by atoms with Crippen molar-refractivity contribution < 1.29 is 29.1 Å². The Labute approximate surface area is 282 Å². The molecule has 0 bridgehead atoms. The van der Waals surface area contributed by atoms with Crippen LogP contribution in [0.15, 0.2) is 96.1 Å². The van der Waals surface area contributed by atoms with Crippen LogP contribution in [0.3, 0.4) is 0 Å². The molecule has 0 saturated carbocycles. The first kappa shape index (κ1) is 35.7. The van der Waals surface area contributed by atoms with E-state index in [1.165, 1.54) is 6.92 Å². The van der Waals surface area contributed by atoms with Gasteiger partial charge < -0.3 is 42.8 Å². The minimum atomic E-state index is -1.39. The number of para-hydroxylation sites is 1. The average molecular weight is 669 g/mol. The summed E-state index contributed by atoms with van der Waals surface area (Å²) in [5.41, 5.74) is 13.1. The van der Waals surface area contributed by atoms with Gasteiger partial charge in [0.25, 0.3) is 0 Å². The molecule has 0 radical (unpaired) electrons. The second-order valence-corrected chi connectivity index (χ2v) is 11.4. The van der Waals surface area contributed by atoms with Crippen LogP contribution in [-0.4, -0.2) is 64.3 Å². The second-order valence-electron chi connectivity index (χ2n) is 11.4. The Morgan fingerprint density at radius 1 is 0.735 bits per heavy atom. The number of benzene rings is 3. The minimum absolute atomic E-state index is 0.0211. The minimum Gasteiger partial charge on any atom is -0.479 e. The lowest BCUT2D eigenvalue weighted by atomic mass is 10.0. The molecule has 256 valence electrons. The molecule has 0 aliphatic carbocycles. The Kier molecular flexibility index (Phi) is 12.5. The van der Waals surface area contributed by atoms with Crippen LogP contribution in [0.4, 0.5) is 0 Å². The number of aliphatic imine (C=N–C) groups is 1. The molecule has 0 unspecified atom stereocenters. The van der Waals surface area contributed by atoms with E-state index < -0.39 is 53.8 Å². The predicted molar refractivity (Wildman–Crippen MR) is 184 cm³/mol. The van der Waals surface area contributed by atoms with Crippen LogP contribution >= 0.6 is 0 Å². The molecule has 14 nitrogen and oxygen atoms in total. The third-order valence-corrected chi connectivity index (χ3v) is 7.72. The Morgan fingerprint density at radius 2 is 1.31 bits per heavy atom. The number of amides is 4. The number of rotatable bonds is 16. The predicted octanol–water partition coefficient (Wildman–Crippen LogP) is 1.55. The van der Waals surface area contributed by atoms with Crippen LogP contribution < -0.4 is 32.7 Å². The molecule has 14 heteroatoms. The fraction of sp³-hybridized carbons (Fsp3) is 0.257. The molecular formula is C35H40N8O6. The number of aromatic amines is 1. The van der Waals surface area contributed by atoms with Gasteiger partial charge in [0, 0.05) is 37.0 Å². The first-order valence-corrected chi connectivity index (χ1v) is 15.6. The number of aliphatic carboxylic acids is 1. The Bertz CT molecular complexity index is 1790. The zero-order valence-electron chi connectivity index (χ0n) is 26.9. The number of nitrogens with two attached hydrogens (primary N) is 2. The van der Waals surface area contributed by atoms with Crippen molar-refractivity contribution in [2.45, 2.75) is 50.4 Å². The van der Waals surface area contributed by atoms with E-state index >= 15 is 0 Å². The van der Waals surface area contributed by atoms with Gasteiger partial charge in [0.15, 0.2) is 12.0 Å². The number of carboxylic acid groups (broad SMARTS) is 1. The Balaban J connectivity index is 1.64. The number of nitrogens with one attached hydrogen (secondary N) is 5. The lowest BCUT2D eigenvalue weighted by Gasteiger charge is -2.26. The average Bonchev–Trinajstić information content (AvgIpc) is 3.49. The van der Waals surface area contributed by atoms with E-state index in [0.717, 1.165) is 16.5 Å². The van der Waals surface area contributed by atoms with E-state index in [2.05, 4.69) is 31.2 Å². The zero-order valence-corrected chi connectivity index (χ0v) is 26.9. The number of hydrogen-bond acceptors (Lipinski definition) is 6. The maximum absolute atomic E-state index is 14.1. The molecule has 4 amide bonds. The van der Waals surface area contributed by atoms with Gasteiger partial charge in [-0.25, -0.2) is 4.79 Å². The van der Waals surface area contributed by atoms with Gasteiger partial charge in [0.2, 0.25) is 23.6 Å². The normalized spacial score (nSPS) is 13.2. The number of carbonyl (C=O) groups is 5. The molecule has 0 aliphatic heterocycles. The molecule has 4 rings (SSSR count). The van der Waals surface area contributed by atoms with Gasteiger partial charge in [0.1, 0.15) is 18.1 Å². The van der Waals surface area contributed by atoms with E-state index in [-0.39, 0.29) is 25.3 Å². The molecule has 3 aromatic carbocycles. The van der Waals surface area contributed by atoms with Gasteiger partial charge in [-0.1, -0.05) is 78.9 Å². The molecular weight excluding hydrogens is 628 g/mol. The Morgan fingerprint density at radius 3 is 1.92 bits per heavy atom. The van der Waals surface area contributed by atoms with E-state index in [4.69, 9.17) is 11.5 Å². The summed E-state index contributed by atoms with van der Waals surface area (Å²) in [6.45, 7) is 1.49. The quantitative estimate of drug-likeness (QED) is 0.0494. The summed E-state index contributed by atoms with van der Waals surface area (Å²) >= 11 is 0. The lowest BCUT2D eigenvalue weighted by molar-refractivity contribution is -0.142. The molecule has 1 heterocycles. The number of nitrogens with zero attached hydrogens (tertiary/aromatic N) is 1. The first-order chi connectivity index (χ1) is 23.5. The molecule has 4 atom stereocenters. The summed E-state index contributed by atoms with van der Waals surface area (Å²) in [6.07, 6.45) is 2.29. The van der Waals surface area contributed by atoms with E-state index in [9.17, 15) is 29.1 Å². The Hall–Kier alpha value is -6.18. The summed E-state index contributed by atoms with van der Waals surface area (Å²) in [5.74, 6) is -3.96. The monoisotopic (exact) mass is 668 g/mol. The largest absolute Gasteiger partial charge is 0.479 e. The molecule has 0 aliphatic rings. The van der Waals surface area contributed by atoms with Crippen LogP contribution in [0.2, 0.25) is 0 Å². The number of H-pyrrole nitrogens is 1.